The Labute approximate surface area is 237 Å². The molecule has 1 aromatic heterocycles. The van der Waals surface area contributed by atoms with Gasteiger partial charge in [0.1, 0.15) is 30.1 Å². The van der Waals surface area contributed by atoms with Gasteiger partial charge in [0.2, 0.25) is 5.88 Å². The number of aromatic nitrogens is 2. The zero-order valence-electron chi connectivity index (χ0n) is 23.0. The van der Waals surface area contributed by atoms with Crippen molar-refractivity contribution in [1.82, 2.24) is 9.97 Å². The van der Waals surface area contributed by atoms with Gasteiger partial charge in [0.05, 0.1) is 69.1 Å². The van der Waals surface area contributed by atoms with Gasteiger partial charge in [0.15, 0.2) is 11.5 Å². The molecule has 0 aliphatic rings. The van der Waals surface area contributed by atoms with Crippen LogP contribution >= 0.6 is 11.6 Å². The lowest BCUT2D eigenvalue weighted by molar-refractivity contribution is -0.156. The lowest BCUT2D eigenvalue weighted by Gasteiger charge is -2.19. The van der Waals surface area contributed by atoms with Crippen molar-refractivity contribution in [1.29, 1.82) is 0 Å². The van der Waals surface area contributed by atoms with Gasteiger partial charge in [-0.15, -0.1) is 0 Å². The van der Waals surface area contributed by atoms with E-state index >= 15 is 0 Å². The molecule has 218 valence electrons. The van der Waals surface area contributed by atoms with Crippen molar-refractivity contribution in [3.8, 4) is 23.1 Å². The molecule has 0 radical (unpaired) electrons. The second kappa shape index (κ2) is 15.5. The van der Waals surface area contributed by atoms with E-state index in [0.717, 1.165) is 0 Å². The average Bonchev–Trinajstić information content (AvgIpc) is 2.90. The maximum atomic E-state index is 13.5. The molecule has 0 amide bonds. The van der Waals surface area contributed by atoms with Gasteiger partial charge in [-0.3, -0.25) is 4.79 Å². The highest BCUT2D eigenvalue weighted by Gasteiger charge is 2.16. The second-order valence-electron chi connectivity index (χ2n) is 9.40. The Morgan fingerprint density at radius 1 is 0.900 bits per heavy atom. The minimum absolute atomic E-state index is 0.0596. The number of rotatable bonds is 16. The topological polar surface area (TPSA) is 107 Å². The largest absolute Gasteiger partial charge is 0.493 e. The number of nitrogens with zero attached hydrogens (tertiary/aromatic N) is 2. The lowest BCUT2D eigenvalue weighted by atomic mass is 10.2. The quantitative estimate of drug-likeness (QED) is 0.162. The smallest absolute Gasteiger partial charge is 0.308 e. The summed E-state index contributed by atoms with van der Waals surface area (Å²) in [6.45, 7) is 7.86. The number of hydrogen-bond acceptors (Lipinski definition) is 10. The van der Waals surface area contributed by atoms with E-state index in [4.69, 9.17) is 44.8 Å². The highest BCUT2D eigenvalue weighted by Crippen LogP contribution is 2.36. The molecule has 0 unspecified atom stereocenters. The minimum atomic E-state index is -0.545. The summed E-state index contributed by atoms with van der Waals surface area (Å²) in [4.78, 5) is 20.1. The van der Waals surface area contributed by atoms with Crippen LogP contribution in [-0.4, -0.2) is 74.9 Å². The lowest BCUT2D eigenvalue weighted by Crippen LogP contribution is -2.24. The van der Waals surface area contributed by atoms with E-state index in [1.54, 1.807) is 12.1 Å². The van der Waals surface area contributed by atoms with Crippen molar-refractivity contribution in [2.75, 3.05) is 53.4 Å². The summed E-state index contributed by atoms with van der Waals surface area (Å²) in [5.41, 5.74) is 0.0758. The van der Waals surface area contributed by atoms with Crippen LogP contribution in [0, 0.1) is 5.82 Å². The predicted octanol–water partition coefficient (Wildman–Crippen LogP) is 5.38. The Bertz CT molecular complexity index is 1250. The SMILES string of the molecule is COc1cc2ncnc(Oc3ccc(F)c(Cl)c3)c2cc1OCCOCCOCCOCCC(=O)OC(C)(C)C. The minimum Gasteiger partial charge on any atom is -0.493 e. The highest BCUT2D eigenvalue weighted by atomic mass is 35.5. The van der Waals surface area contributed by atoms with Crippen LogP contribution < -0.4 is 14.2 Å². The molecule has 0 spiro atoms. The van der Waals surface area contributed by atoms with Crippen LogP contribution in [-0.2, 0) is 23.7 Å². The number of benzene rings is 2. The molecule has 0 saturated heterocycles. The fourth-order valence-electron chi connectivity index (χ4n) is 3.35. The van der Waals surface area contributed by atoms with Crippen molar-refractivity contribution in [3.05, 3.63) is 47.5 Å². The molecule has 0 atom stereocenters. The number of carbonyl (C=O) groups is 1. The van der Waals surface area contributed by atoms with Crippen LogP contribution in [0.1, 0.15) is 27.2 Å². The fourth-order valence-corrected chi connectivity index (χ4v) is 3.52. The average molecular weight is 581 g/mol. The standard InChI is InChI=1S/C28H34ClFN2O8/c1-28(2,3)40-26(33)7-8-35-9-10-36-11-12-37-13-14-38-25-16-20-23(17-24(25)34-4)31-18-32-27(20)39-19-5-6-22(30)21(29)15-19/h5-6,15-18H,7-14H2,1-4H3. The first kappa shape index (κ1) is 31.3. The Morgan fingerprint density at radius 2 is 1.57 bits per heavy atom. The van der Waals surface area contributed by atoms with Gasteiger partial charge >= 0.3 is 5.97 Å². The molecule has 0 bridgehead atoms. The normalized spacial score (nSPS) is 11.4. The van der Waals surface area contributed by atoms with E-state index in [-0.39, 0.29) is 36.5 Å². The van der Waals surface area contributed by atoms with Crippen LogP contribution in [0.3, 0.4) is 0 Å². The highest BCUT2D eigenvalue weighted by molar-refractivity contribution is 6.30. The molecule has 0 saturated carbocycles. The molecule has 2 aromatic carbocycles. The van der Waals surface area contributed by atoms with Gasteiger partial charge in [-0.1, -0.05) is 11.6 Å². The van der Waals surface area contributed by atoms with Crippen molar-refractivity contribution < 1.29 is 42.3 Å². The third-order valence-corrected chi connectivity index (χ3v) is 5.38. The summed E-state index contributed by atoms with van der Waals surface area (Å²) >= 11 is 5.86. The first-order valence-electron chi connectivity index (χ1n) is 12.7. The summed E-state index contributed by atoms with van der Waals surface area (Å²) in [6.07, 6.45) is 1.56. The molecule has 40 heavy (non-hydrogen) atoms. The maximum Gasteiger partial charge on any atom is 0.308 e. The molecular formula is C28H34ClFN2O8. The molecule has 12 heteroatoms. The van der Waals surface area contributed by atoms with E-state index in [0.29, 0.717) is 61.2 Å². The van der Waals surface area contributed by atoms with Crippen molar-refractivity contribution >= 4 is 28.5 Å². The molecule has 0 fully saturated rings. The van der Waals surface area contributed by atoms with Gasteiger partial charge < -0.3 is 33.2 Å². The summed E-state index contributed by atoms with van der Waals surface area (Å²) in [5.74, 6) is 0.682. The number of fused-ring (bicyclic) bond motifs is 1. The molecule has 1 heterocycles. The van der Waals surface area contributed by atoms with E-state index in [9.17, 15) is 9.18 Å². The third-order valence-electron chi connectivity index (χ3n) is 5.09. The van der Waals surface area contributed by atoms with Crippen LogP contribution in [0.5, 0.6) is 23.1 Å². The summed E-state index contributed by atoms with van der Waals surface area (Å²) in [6, 6.07) is 7.46. The Morgan fingerprint density at radius 3 is 2.23 bits per heavy atom. The maximum absolute atomic E-state index is 13.5. The molecule has 3 aromatic rings. The van der Waals surface area contributed by atoms with E-state index in [1.165, 1.54) is 31.6 Å². The van der Waals surface area contributed by atoms with Gasteiger partial charge in [0.25, 0.3) is 0 Å². The van der Waals surface area contributed by atoms with Crippen molar-refractivity contribution in [3.63, 3.8) is 0 Å². The Kier molecular flexibility index (Phi) is 12.1. The number of methoxy groups -OCH3 is 1. The monoisotopic (exact) mass is 580 g/mol. The predicted molar refractivity (Wildman–Crippen MR) is 146 cm³/mol. The van der Waals surface area contributed by atoms with Crippen LogP contribution in [0.15, 0.2) is 36.7 Å². The first-order valence-corrected chi connectivity index (χ1v) is 13.1. The summed E-state index contributed by atoms with van der Waals surface area (Å²) in [7, 11) is 1.53. The summed E-state index contributed by atoms with van der Waals surface area (Å²) in [5, 5.41) is 0.511. The van der Waals surface area contributed by atoms with E-state index < -0.39 is 11.4 Å². The number of esters is 1. The van der Waals surface area contributed by atoms with E-state index in [1.807, 2.05) is 20.8 Å². The fraction of sp³-hybridized carbons (Fsp3) is 0.464. The molecule has 10 nitrogen and oxygen atoms in total. The van der Waals surface area contributed by atoms with Crippen LogP contribution in [0.4, 0.5) is 4.39 Å². The van der Waals surface area contributed by atoms with Gasteiger partial charge in [0, 0.05) is 12.1 Å². The number of carbonyl (C=O) groups excluding carboxylic acids is 1. The van der Waals surface area contributed by atoms with Gasteiger partial charge in [-0.2, -0.15) is 0 Å². The van der Waals surface area contributed by atoms with Crippen molar-refractivity contribution in [2.45, 2.75) is 32.8 Å². The zero-order valence-corrected chi connectivity index (χ0v) is 23.8. The molecule has 3 rings (SSSR count). The van der Waals surface area contributed by atoms with Crippen LogP contribution in [0.25, 0.3) is 10.9 Å². The van der Waals surface area contributed by atoms with Crippen molar-refractivity contribution in [2.24, 2.45) is 0 Å². The third kappa shape index (κ3) is 10.4. The number of halogens is 2. The number of hydrogen-bond donors (Lipinski definition) is 0. The molecular weight excluding hydrogens is 547 g/mol. The molecule has 0 aliphatic heterocycles. The van der Waals surface area contributed by atoms with Gasteiger partial charge in [-0.05, 0) is 39.0 Å². The molecule has 0 aliphatic carbocycles. The zero-order chi connectivity index (χ0) is 29.0. The van der Waals surface area contributed by atoms with E-state index in [2.05, 4.69) is 9.97 Å². The van der Waals surface area contributed by atoms with Gasteiger partial charge in [-0.25, -0.2) is 14.4 Å². The molecule has 0 N–H and O–H groups in total. The Hall–Kier alpha value is -3.25. The second-order valence-corrected chi connectivity index (χ2v) is 9.81. The number of ether oxygens (including phenoxy) is 7. The summed E-state index contributed by atoms with van der Waals surface area (Å²) < 4.78 is 52.3. The Balaban J connectivity index is 1.38. The van der Waals surface area contributed by atoms with Crippen LogP contribution in [0.2, 0.25) is 5.02 Å². The first-order chi connectivity index (χ1) is 19.2.